The summed E-state index contributed by atoms with van der Waals surface area (Å²) in [5, 5.41) is 11.1. The highest BCUT2D eigenvalue weighted by Crippen LogP contribution is 2.38. The van der Waals surface area contributed by atoms with Gasteiger partial charge in [0.05, 0.1) is 6.10 Å². The molecule has 1 N–H and O–H groups in total. The summed E-state index contributed by atoms with van der Waals surface area (Å²) in [6.07, 6.45) is 5.44. The van der Waals surface area contributed by atoms with Gasteiger partial charge in [0.15, 0.2) is 0 Å². The molecule has 3 aromatic rings. The van der Waals surface area contributed by atoms with Gasteiger partial charge in [0.2, 0.25) is 0 Å². The van der Waals surface area contributed by atoms with Gasteiger partial charge in [-0.25, -0.2) is 0 Å². The van der Waals surface area contributed by atoms with Crippen LogP contribution >= 0.6 is 0 Å². The first-order chi connectivity index (χ1) is 15.3. The van der Waals surface area contributed by atoms with Crippen LogP contribution in [0.1, 0.15) is 54.4 Å². The van der Waals surface area contributed by atoms with Gasteiger partial charge in [0.25, 0.3) is 0 Å². The highest BCUT2D eigenvalue weighted by Gasteiger charge is 2.29. The lowest BCUT2D eigenvalue weighted by molar-refractivity contribution is 0.0772. The van der Waals surface area contributed by atoms with Gasteiger partial charge in [0, 0.05) is 0 Å². The van der Waals surface area contributed by atoms with Crippen LogP contribution in [0, 0.1) is 5.92 Å². The number of hydrogen-bond acceptors (Lipinski definition) is 2. The van der Waals surface area contributed by atoms with Crippen molar-refractivity contribution < 1.29 is 5.11 Å². The van der Waals surface area contributed by atoms with Crippen LogP contribution in [0.3, 0.4) is 0 Å². The fourth-order valence-electron chi connectivity index (χ4n) is 5.54. The smallest absolute Gasteiger partial charge is 0.0821 e. The SMILES string of the molecule is OC1c2ccc(-c3ccccc3)cc2CCC1CCN1CCC(c2ccccc2)CC1. The maximum Gasteiger partial charge on any atom is 0.0821 e. The molecule has 0 saturated carbocycles. The molecule has 2 atom stereocenters. The van der Waals surface area contributed by atoms with Crippen LogP contribution in [0.25, 0.3) is 11.1 Å². The number of benzene rings is 3. The number of rotatable bonds is 5. The van der Waals surface area contributed by atoms with Crippen LogP contribution in [-0.4, -0.2) is 29.6 Å². The Labute approximate surface area is 186 Å². The molecule has 2 nitrogen and oxygen atoms in total. The molecule has 31 heavy (non-hydrogen) atoms. The lowest BCUT2D eigenvalue weighted by Gasteiger charge is -2.35. The number of aliphatic hydroxyl groups is 1. The molecule has 2 aliphatic rings. The first kappa shape index (κ1) is 20.5. The van der Waals surface area contributed by atoms with E-state index >= 15 is 0 Å². The zero-order valence-corrected chi connectivity index (χ0v) is 18.3. The molecule has 0 amide bonds. The summed E-state index contributed by atoms with van der Waals surface area (Å²) in [4.78, 5) is 2.61. The highest BCUT2D eigenvalue weighted by molar-refractivity contribution is 5.65. The molecule has 0 bridgehead atoms. The number of aryl methyl sites for hydroxylation is 1. The predicted molar refractivity (Wildman–Crippen MR) is 128 cm³/mol. The van der Waals surface area contributed by atoms with E-state index in [1.165, 1.54) is 48.2 Å². The summed E-state index contributed by atoms with van der Waals surface area (Å²) in [6, 6.07) is 28.2. The maximum absolute atomic E-state index is 11.1. The van der Waals surface area contributed by atoms with E-state index in [2.05, 4.69) is 83.8 Å². The lowest BCUT2D eigenvalue weighted by Crippen LogP contribution is -2.35. The van der Waals surface area contributed by atoms with Crippen LogP contribution in [0.4, 0.5) is 0 Å². The summed E-state index contributed by atoms with van der Waals surface area (Å²) in [5.74, 6) is 1.09. The van der Waals surface area contributed by atoms with Crippen molar-refractivity contribution in [2.75, 3.05) is 19.6 Å². The predicted octanol–water partition coefficient (Wildman–Crippen LogP) is 6.22. The molecular formula is C29H33NO. The van der Waals surface area contributed by atoms with Crippen LogP contribution in [0.15, 0.2) is 78.9 Å². The first-order valence-electron chi connectivity index (χ1n) is 11.9. The van der Waals surface area contributed by atoms with E-state index < -0.39 is 0 Å². The molecule has 3 aromatic carbocycles. The Morgan fingerprint density at radius 1 is 0.774 bits per heavy atom. The van der Waals surface area contributed by atoms with Gasteiger partial charge >= 0.3 is 0 Å². The van der Waals surface area contributed by atoms with Gasteiger partial charge in [-0.3, -0.25) is 0 Å². The first-order valence-corrected chi connectivity index (χ1v) is 11.9. The van der Waals surface area contributed by atoms with Crippen molar-refractivity contribution in [3.63, 3.8) is 0 Å². The Kier molecular flexibility index (Phi) is 6.20. The molecule has 2 unspecified atom stereocenters. The number of piperidine rings is 1. The zero-order valence-electron chi connectivity index (χ0n) is 18.3. The molecule has 0 spiro atoms. The summed E-state index contributed by atoms with van der Waals surface area (Å²) < 4.78 is 0. The Hall–Kier alpha value is -2.42. The van der Waals surface area contributed by atoms with E-state index in [1.54, 1.807) is 0 Å². The number of aliphatic hydroxyl groups excluding tert-OH is 1. The van der Waals surface area contributed by atoms with E-state index in [0.717, 1.165) is 31.4 Å². The number of fused-ring (bicyclic) bond motifs is 1. The van der Waals surface area contributed by atoms with Crippen molar-refractivity contribution in [3.05, 3.63) is 95.6 Å². The summed E-state index contributed by atoms with van der Waals surface area (Å²) in [5.41, 5.74) is 6.48. The third-order valence-corrected chi connectivity index (χ3v) is 7.47. The lowest BCUT2D eigenvalue weighted by atomic mass is 9.78. The second-order valence-corrected chi connectivity index (χ2v) is 9.34. The normalized spacial score (nSPS) is 22.2. The number of nitrogens with zero attached hydrogens (tertiary/aromatic N) is 1. The van der Waals surface area contributed by atoms with Crippen LogP contribution in [0.5, 0.6) is 0 Å². The average molecular weight is 412 g/mol. The van der Waals surface area contributed by atoms with Gasteiger partial charge in [-0.1, -0.05) is 78.9 Å². The Morgan fingerprint density at radius 3 is 2.23 bits per heavy atom. The van der Waals surface area contributed by atoms with Crippen LogP contribution < -0.4 is 0 Å². The molecule has 1 aliphatic carbocycles. The largest absolute Gasteiger partial charge is 0.388 e. The Balaban J connectivity index is 1.16. The van der Waals surface area contributed by atoms with Crippen LogP contribution in [0.2, 0.25) is 0 Å². The fourth-order valence-corrected chi connectivity index (χ4v) is 5.54. The van der Waals surface area contributed by atoms with E-state index in [-0.39, 0.29) is 6.10 Å². The van der Waals surface area contributed by atoms with E-state index in [4.69, 9.17) is 0 Å². The molecule has 0 radical (unpaired) electrons. The third-order valence-electron chi connectivity index (χ3n) is 7.47. The number of hydrogen-bond donors (Lipinski definition) is 1. The quantitative estimate of drug-likeness (QED) is 0.539. The molecule has 1 heterocycles. The molecular weight excluding hydrogens is 378 g/mol. The summed E-state index contributed by atoms with van der Waals surface area (Å²) >= 11 is 0. The van der Waals surface area contributed by atoms with Crippen molar-refractivity contribution in [2.45, 2.75) is 44.1 Å². The minimum absolute atomic E-state index is 0.324. The minimum Gasteiger partial charge on any atom is -0.388 e. The molecule has 1 aliphatic heterocycles. The average Bonchev–Trinajstić information content (AvgIpc) is 2.85. The Bertz CT molecular complexity index is 976. The molecule has 1 fully saturated rings. The minimum atomic E-state index is -0.324. The second-order valence-electron chi connectivity index (χ2n) is 9.34. The van der Waals surface area contributed by atoms with Gasteiger partial charge in [-0.2, -0.15) is 0 Å². The van der Waals surface area contributed by atoms with Crippen molar-refractivity contribution in [1.29, 1.82) is 0 Å². The highest BCUT2D eigenvalue weighted by atomic mass is 16.3. The molecule has 1 saturated heterocycles. The monoisotopic (exact) mass is 411 g/mol. The summed E-state index contributed by atoms with van der Waals surface area (Å²) in [6.45, 7) is 3.47. The van der Waals surface area contributed by atoms with Crippen molar-refractivity contribution in [1.82, 2.24) is 4.90 Å². The maximum atomic E-state index is 11.1. The van der Waals surface area contributed by atoms with Gasteiger partial charge in [-0.15, -0.1) is 0 Å². The van der Waals surface area contributed by atoms with Gasteiger partial charge in [-0.05, 0) is 91.4 Å². The standard InChI is InChI=1S/C29H33NO/c31-29-25(17-20-30-18-15-24(16-19-30)22-7-3-1-4-8-22)11-12-27-21-26(13-14-28(27)29)23-9-5-2-6-10-23/h1-10,13-14,21,24-25,29,31H,11-12,15-20H2. The van der Waals surface area contributed by atoms with Gasteiger partial charge < -0.3 is 10.0 Å². The van der Waals surface area contributed by atoms with Crippen molar-refractivity contribution >= 4 is 0 Å². The molecule has 0 aromatic heterocycles. The van der Waals surface area contributed by atoms with Crippen LogP contribution in [-0.2, 0) is 6.42 Å². The van der Waals surface area contributed by atoms with Crippen molar-refractivity contribution in [3.8, 4) is 11.1 Å². The van der Waals surface area contributed by atoms with E-state index in [0.29, 0.717) is 11.8 Å². The second kappa shape index (κ2) is 9.38. The third kappa shape index (κ3) is 4.61. The summed E-state index contributed by atoms with van der Waals surface area (Å²) in [7, 11) is 0. The topological polar surface area (TPSA) is 23.5 Å². The zero-order chi connectivity index (χ0) is 21.0. The molecule has 2 heteroatoms. The number of likely N-dealkylation sites (tertiary alicyclic amines) is 1. The molecule has 5 rings (SSSR count). The van der Waals surface area contributed by atoms with Gasteiger partial charge in [0.1, 0.15) is 0 Å². The van der Waals surface area contributed by atoms with Crippen molar-refractivity contribution in [2.24, 2.45) is 5.92 Å². The Morgan fingerprint density at radius 2 is 1.48 bits per heavy atom. The van der Waals surface area contributed by atoms with E-state index in [9.17, 15) is 5.11 Å². The molecule has 160 valence electrons. The fraction of sp³-hybridized carbons (Fsp3) is 0.379. The van der Waals surface area contributed by atoms with E-state index in [1.807, 2.05) is 0 Å².